The fraction of sp³-hybridized carbons (Fsp3) is 0.409. The molecule has 2 aromatic rings. The zero-order valence-electron chi connectivity index (χ0n) is 17.0. The van der Waals surface area contributed by atoms with Crippen LogP contribution in [0.1, 0.15) is 65.5 Å². The number of amides is 1. The molecule has 0 bridgehead atoms. The Hall–Kier alpha value is -2.47. The summed E-state index contributed by atoms with van der Waals surface area (Å²) in [5.74, 6) is -1.35. The summed E-state index contributed by atoms with van der Waals surface area (Å²) >= 11 is 1.39. The van der Waals surface area contributed by atoms with Gasteiger partial charge in [0.2, 0.25) is 5.91 Å². The van der Waals surface area contributed by atoms with Crippen LogP contribution in [-0.4, -0.2) is 22.8 Å². The van der Waals surface area contributed by atoms with E-state index >= 15 is 0 Å². The Balaban J connectivity index is 2.27. The maximum Gasteiger partial charge on any atom is 0.303 e. The van der Waals surface area contributed by atoms with Crippen LogP contribution in [0.25, 0.3) is 0 Å². The van der Waals surface area contributed by atoms with E-state index in [1.807, 2.05) is 39.0 Å². The smallest absolute Gasteiger partial charge is 0.303 e. The van der Waals surface area contributed by atoms with Gasteiger partial charge in [0, 0.05) is 16.9 Å². The number of ketones is 1. The Morgan fingerprint density at radius 3 is 2.32 bits per heavy atom. The second-order valence-electron chi connectivity index (χ2n) is 7.90. The number of hydrogen-bond donors (Lipinski definition) is 2. The topological polar surface area (TPSA) is 83.5 Å². The van der Waals surface area contributed by atoms with Gasteiger partial charge in [0.05, 0.1) is 12.0 Å². The summed E-state index contributed by atoms with van der Waals surface area (Å²) in [5, 5.41) is 12.4. The first-order valence-electron chi connectivity index (χ1n) is 9.28. The van der Waals surface area contributed by atoms with Crippen molar-refractivity contribution in [3.8, 4) is 0 Å². The van der Waals surface area contributed by atoms with Crippen LogP contribution in [-0.2, 0) is 16.0 Å². The van der Waals surface area contributed by atoms with Gasteiger partial charge < -0.3 is 10.4 Å². The van der Waals surface area contributed by atoms with Gasteiger partial charge in [0.1, 0.15) is 5.00 Å². The number of nitrogens with one attached hydrogen (secondary N) is 1. The van der Waals surface area contributed by atoms with Crippen molar-refractivity contribution in [3.05, 3.63) is 51.4 Å². The van der Waals surface area contributed by atoms with Crippen molar-refractivity contribution in [1.29, 1.82) is 0 Å². The molecule has 28 heavy (non-hydrogen) atoms. The molecule has 2 N–H and O–H groups in total. The highest BCUT2D eigenvalue weighted by Gasteiger charge is 2.26. The van der Waals surface area contributed by atoms with E-state index in [4.69, 9.17) is 5.11 Å². The third-order valence-electron chi connectivity index (χ3n) is 4.67. The van der Waals surface area contributed by atoms with E-state index in [1.165, 1.54) is 11.3 Å². The summed E-state index contributed by atoms with van der Waals surface area (Å²) in [7, 11) is 0. The van der Waals surface area contributed by atoms with Crippen molar-refractivity contribution in [2.24, 2.45) is 5.41 Å². The lowest BCUT2D eigenvalue weighted by Gasteiger charge is -2.21. The van der Waals surface area contributed by atoms with Crippen molar-refractivity contribution in [1.82, 2.24) is 0 Å². The van der Waals surface area contributed by atoms with Crippen LogP contribution in [0.15, 0.2) is 24.3 Å². The van der Waals surface area contributed by atoms with Crippen molar-refractivity contribution in [2.45, 2.75) is 53.9 Å². The molecule has 150 valence electrons. The Bertz CT molecular complexity index is 911. The van der Waals surface area contributed by atoms with Gasteiger partial charge in [-0.05, 0) is 48.9 Å². The van der Waals surface area contributed by atoms with Gasteiger partial charge in [-0.1, -0.05) is 32.9 Å². The van der Waals surface area contributed by atoms with E-state index in [1.54, 1.807) is 19.9 Å². The highest BCUT2D eigenvalue weighted by molar-refractivity contribution is 7.16. The highest BCUT2D eigenvalue weighted by Crippen LogP contribution is 2.32. The maximum absolute atomic E-state index is 13.0. The summed E-state index contributed by atoms with van der Waals surface area (Å²) in [4.78, 5) is 37.5. The average Bonchev–Trinajstić information content (AvgIpc) is 2.97. The standard InChI is InChI=1S/C22H27NO4S/c1-6-16-10-17(20(27)15-8-7-13(2)14(3)9-15)21(28-16)23-18(24)11-22(4,5)12-19(25)26/h7-10H,6,11-12H2,1-5H3,(H,23,24)(H,25,26). The van der Waals surface area contributed by atoms with Crippen LogP contribution in [0.4, 0.5) is 5.00 Å². The molecular weight excluding hydrogens is 374 g/mol. The first kappa shape index (κ1) is 21.8. The molecule has 0 atom stereocenters. The van der Waals surface area contributed by atoms with E-state index in [0.717, 1.165) is 22.4 Å². The molecule has 0 unspecified atom stereocenters. The summed E-state index contributed by atoms with van der Waals surface area (Å²) in [5.41, 5.74) is 2.56. The van der Waals surface area contributed by atoms with E-state index in [-0.39, 0.29) is 24.5 Å². The van der Waals surface area contributed by atoms with Crippen LogP contribution < -0.4 is 5.32 Å². The minimum atomic E-state index is -0.937. The van der Waals surface area contributed by atoms with E-state index in [9.17, 15) is 14.4 Å². The maximum atomic E-state index is 13.0. The quantitative estimate of drug-likeness (QED) is 0.611. The molecule has 0 aliphatic heterocycles. The summed E-state index contributed by atoms with van der Waals surface area (Å²) in [6, 6.07) is 7.42. The van der Waals surface area contributed by atoms with E-state index < -0.39 is 11.4 Å². The summed E-state index contributed by atoms with van der Waals surface area (Å²) in [6.45, 7) is 9.44. The molecule has 2 rings (SSSR count). The third kappa shape index (κ3) is 5.52. The summed E-state index contributed by atoms with van der Waals surface area (Å²) < 4.78 is 0. The van der Waals surface area contributed by atoms with Crippen LogP contribution >= 0.6 is 11.3 Å². The second-order valence-corrected chi connectivity index (χ2v) is 9.03. The average molecular weight is 402 g/mol. The number of thiophene rings is 1. The molecule has 1 amide bonds. The molecule has 0 radical (unpaired) electrons. The molecule has 1 heterocycles. The Morgan fingerprint density at radius 1 is 1.07 bits per heavy atom. The van der Waals surface area contributed by atoms with Crippen LogP contribution in [0.5, 0.6) is 0 Å². The van der Waals surface area contributed by atoms with Crippen molar-refractivity contribution in [3.63, 3.8) is 0 Å². The number of aliphatic carboxylic acids is 1. The largest absolute Gasteiger partial charge is 0.481 e. The zero-order valence-corrected chi connectivity index (χ0v) is 17.8. The molecule has 5 nitrogen and oxygen atoms in total. The number of benzene rings is 1. The Morgan fingerprint density at radius 2 is 1.75 bits per heavy atom. The number of aryl methyl sites for hydroxylation is 3. The van der Waals surface area contributed by atoms with Gasteiger partial charge in [-0.15, -0.1) is 11.3 Å². The monoisotopic (exact) mass is 401 g/mol. The molecule has 0 spiro atoms. The Labute approximate surface area is 169 Å². The summed E-state index contributed by atoms with van der Waals surface area (Å²) in [6.07, 6.45) is 0.730. The SMILES string of the molecule is CCc1cc(C(=O)c2ccc(C)c(C)c2)c(NC(=O)CC(C)(C)CC(=O)O)s1. The van der Waals surface area contributed by atoms with Crippen LogP contribution in [0, 0.1) is 19.3 Å². The first-order valence-corrected chi connectivity index (χ1v) is 10.1. The lowest BCUT2D eigenvalue weighted by atomic mass is 9.85. The molecule has 1 aromatic carbocycles. The minimum Gasteiger partial charge on any atom is -0.481 e. The molecule has 0 aliphatic rings. The van der Waals surface area contributed by atoms with Crippen molar-refractivity contribution in [2.75, 3.05) is 5.32 Å². The predicted octanol–water partition coefficient (Wildman–Crippen LogP) is 4.99. The number of hydrogen-bond acceptors (Lipinski definition) is 4. The number of carboxylic acid groups (broad SMARTS) is 1. The zero-order chi connectivity index (χ0) is 21.1. The van der Waals surface area contributed by atoms with Gasteiger partial charge in [0.25, 0.3) is 0 Å². The molecular formula is C22H27NO4S. The molecule has 0 fully saturated rings. The van der Waals surface area contributed by atoms with Crippen molar-refractivity contribution >= 4 is 34.0 Å². The molecule has 0 saturated carbocycles. The van der Waals surface area contributed by atoms with E-state index in [2.05, 4.69) is 5.32 Å². The van der Waals surface area contributed by atoms with Gasteiger partial charge in [-0.2, -0.15) is 0 Å². The highest BCUT2D eigenvalue weighted by atomic mass is 32.1. The fourth-order valence-corrected chi connectivity index (χ4v) is 4.00. The van der Waals surface area contributed by atoms with Gasteiger partial charge in [-0.3, -0.25) is 14.4 Å². The lowest BCUT2D eigenvalue weighted by Crippen LogP contribution is -2.25. The lowest BCUT2D eigenvalue weighted by molar-refractivity contribution is -0.139. The van der Waals surface area contributed by atoms with Gasteiger partial charge >= 0.3 is 5.97 Å². The Kier molecular flexibility index (Phi) is 6.77. The first-order chi connectivity index (χ1) is 13.0. The van der Waals surface area contributed by atoms with Crippen molar-refractivity contribution < 1.29 is 19.5 Å². The molecule has 6 heteroatoms. The molecule has 0 aliphatic carbocycles. The third-order valence-corrected chi connectivity index (χ3v) is 5.86. The van der Waals surface area contributed by atoms with Crippen LogP contribution in [0.3, 0.4) is 0 Å². The van der Waals surface area contributed by atoms with Gasteiger partial charge in [0.15, 0.2) is 5.78 Å². The van der Waals surface area contributed by atoms with E-state index in [0.29, 0.717) is 16.1 Å². The molecule has 1 aromatic heterocycles. The normalized spacial score (nSPS) is 11.3. The van der Waals surface area contributed by atoms with Crippen LogP contribution in [0.2, 0.25) is 0 Å². The number of anilines is 1. The molecule has 0 saturated heterocycles. The number of carboxylic acids is 1. The number of carbonyl (C=O) groups is 3. The predicted molar refractivity (Wildman–Crippen MR) is 112 cm³/mol. The number of carbonyl (C=O) groups excluding carboxylic acids is 2. The minimum absolute atomic E-state index is 0.0654. The van der Waals surface area contributed by atoms with Gasteiger partial charge in [-0.25, -0.2) is 0 Å². The fourth-order valence-electron chi connectivity index (χ4n) is 2.99. The second kappa shape index (κ2) is 8.69. The number of rotatable bonds is 8.